The van der Waals surface area contributed by atoms with Crippen LogP contribution in [0.5, 0.6) is 0 Å². The van der Waals surface area contributed by atoms with Gasteiger partial charge in [-0.25, -0.2) is 4.98 Å². The van der Waals surface area contributed by atoms with Gasteiger partial charge in [-0.15, -0.1) is 11.3 Å². The van der Waals surface area contributed by atoms with Gasteiger partial charge < -0.3 is 10.3 Å². The number of thiazole rings is 1. The molecule has 0 unspecified atom stereocenters. The van der Waals surface area contributed by atoms with Gasteiger partial charge >= 0.3 is 0 Å². The first-order valence-electron chi connectivity index (χ1n) is 6.56. The van der Waals surface area contributed by atoms with E-state index in [9.17, 15) is 9.59 Å². The van der Waals surface area contributed by atoms with E-state index in [1.54, 1.807) is 17.6 Å². The average molecular weight is 310 g/mol. The number of H-pyrrole nitrogens is 1. The second-order valence-corrected chi connectivity index (χ2v) is 5.64. The van der Waals surface area contributed by atoms with E-state index in [1.807, 2.05) is 24.4 Å². The fourth-order valence-electron chi connectivity index (χ4n) is 2.31. The Balaban J connectivity index is 1.70. The molecule has 0 fully saturated rings. The molecule has 0 saturated heterocycles. The summed E-state index contributed by atoms with van der Waals surface area (Å²) >= 11 is 1.34. The van der Waals surface area contributed by atoms with Crippen molar-refractivity contribution in [1.82, 2.24) is 14.4 Å². The second kappa shape index (κ2) is 4.81. The van der Waals surface area contributed by atoms with Gasteiger partial charge in [0.1, 0.15) is 5.56 Å². The molecule has 3 aromatic heterocycles. The maximum absolute atomic E-state index is 12.3. The minimum atomic E-state index is -0.465. The molecule has 0 aliphatic rings. The summed E-state index contributed by atoms with van der Waals surface area (Å²) in [7, 11) is 0. The fraction of sp³-hybridized carbons (Fsp3) is 0. The number of carbonyl (C=O) groups is 1. The first kappa shape index (κ1) is 12.8. The third-order valence-corrected chi connectivity index (χ3v) is 4.17. The first-order chi connectivity index (χ1) is 10.7. The molecule has 0 saturated carbocycles. The van der Waals surface area contributed by atoms with Crippen LogP contribution in [-0.2, 0) is 0 Å². The number of aromatic nitrogens is 3. The molecule has 7 heteroatoms. The van der Waals surface area contributed by atoms with Crippen LogP contribution in [0.25, 0.3) is 15.9 Å². The zero-order valence-electron chi connectivity index (χ0n) is 11.2. The van der Waals surface area contributed by atoms with E-state index in [2.05, 4.69) is 15.3 Å². The zero-order valence-corrected chi connectivity index (χ0v) is 12.1. The van der Waals surface area contributed by atoms with Gasteiger partial charge in [0.25, 0.3) is 11.5 Å². The highest BCUT2D eigenvalue weighted by Crippen LogP contribution is 2.18. The molecular formula is C15H10N4O2S. The number of nitrogens with one attached hydrogen (secondary N) is 2. The minimum absolute atomic E-state index is 0.0186. The average Bonchev–Trinajstić information content (AvgIpc) is 3.15. The number of amides is 1. The number of hydrogen-bond donors (Lipinski definition) is 2. The summed E-state index contributed by atoms with van der Waals surface area (Å²) in [6.45, 7) is 0. The molecule has 2 N–H and O–H groups in total. The largest absolute Gasteiger partial charge is 0.361 e. The molecule has 108 valence electrons. The van der Waals surface area contributed by atoms with E-state index < -0.39 is 5.91 Å². The van der Waals surface area contributed by atoms with Gasteiger partial charge in [-0.3, -0.25) is 14.0 Å². The Labute approximate surface area is 128 Å². The van der Waals surface area contributed by atoms with Crippen molar-refractivity contribution in [2.75, 3.05) is 5.32 Å². The Hall–Kier alpha value is -2.93. The number of benzene rings is 1. The monoisotopic (exact) mass is 310 g/mol. The van der Waals surface area contributed by atoms with Crippen LogP contribution < -0.4 is 10.9 Å². The van der Waals surface area contributed by atoms with Crippen LogP contribution in [0.3, 0.4) is 0 Å². The molecule has 3 heterocycles. The van der Waals surface area contributed by atoms with Crippen LogP contribution in [0.1, 0.15) is 10.4 Å². The predicted octanol–water partition coefficient (Wildman–Crippen LogP) is 2.49. The lowest BCUT2D eigenvalue weighted by molar-refractivity contribution is 0.102. The smallest absolute Gasteiger partial charge is 0.271 e. The number of hydrogen-bond acceptors (Lipinski definition) is 4. The van der Waals surface area contributed by atoms with Crippen LogP contribution >= 0.6 is 11.3 Å². The Kier molecular flexibility index (Phi) is 2.80. The second-order valence-electron chi connectivity index (χ2n) is 4.77. The fourth-order valence-corrected chi connectivity index (χ4v) is 2.99. The van der Waals surface area contributed by atoms with Crippen molar-refractivity contribution in [3.63, 3.8) is 0 Å². The van der Waals surface area contributed by atoms with Crippen molar-refractivity contribution in [1.29, 1.82) is 0 Å². The van der Waals surface area contributed by atoms with E-state index >= 15 is 0 Å². The molecule has 4 aromatic rings. The SMILES string of the molecule is O=C(Nc1ccc2[nH]ccc2c1)c1cnc2sccn2c1=O. The molecule has 0 spiro atoms. The number of aromatic amines is 1. The van der Waals surface area contributed by atoms with Gasteiger partial charge in [-0.2, -0.15) is 0 Å². The zero-order chi connectivity index (χ0) is 15.1. The minimum Gasteiger partial charge on any atom is -0.361 e. The lowest BCUT2D eigenvalue weighted by Crippen LogP contribution is -2.25. The summed E-state index contributed by atoms with van der Waals surface area (Å²) in [5.41, 5.74) is 1.27. The highest BCUT2D eigenvalue weighted by molar-refractivity contribution is 7.15. The Morgan fingerprint density at radius 2 is 2.23 bits per heavy atom. The maximum atomic E-state index is 12.3. The molecule has 0 atom stereocenters. The summed E-state index contributed by atoms with van der Waals surface area (Å²) in [5, 5.41) is 5.48. The van der Waals surface area contributed by atoms with Crippen molar-refractivity contribution in [3.05, 3.63) is 64.2 Å². The molecular weight excluding hydrogens is 300 g/mol. The molecule has 0 bridgehead atoms. The van der Waals surface area contributed by atoms with Crippen LogP contribution in [0.4, 0.5) is 5.69 Å². The third-order valence-electron chi connectivity index (χ3n) is 3.40. The highest BCUT2D eigenvalue weighted by Gasteiger charge is 2.14. The van der Waals surface area contributed by atoms with Gasteiger partial charge in [0.2, 0.25) is 0 Å². The van der Waals surface area contributed by atoms with Gasteiger partial charge in [-0.1, -0.05) is 0 Å². The number of anilines is 1. The van der Waals surface area contributed by atoms with Crippen LogP contribution in [0.15, 0.2) is 53.0 Å². The van der Waals surface area contributed by atoms with Crippen LogP contribution in [-0.4, -0.2) is 20.3 Å². The standard InChI is InChI=1S/C15H10N4O2S/c20-13(11-8-17-15-19(14(11)21)5-6-22-15)18-10-1-2-12-9(7-10)3-4-16-12/h1-8,16H,(H,18,20). The van der Waals surface area contributed by atoms with E-state index in [4.69, 9.17) is 0 Å². The highest BCUT2D eigenvalue weighted by atomic mass is 32.1. The maximum Gasteiger partial charge on any atom is 0.271 e. The Morgan fingerprint density at radius 1 is 1.32 bits per heavy atom. The van der Waals surface area contributed by atoms with Crippen LogP contribution in [0, 0.1) is 0 Å². The van der Waals surface area contributed by atoms with Crippen molar-refractivity contribution in [3.8, 4) is 0 Å². The van der Waals surface area contributed by atoms with Crippen molar-refractivity contribution in [2.24, 2.45) is 0 Å². The van der Waals surface area contributed by atoms with Crippen molar-refractivity contribution < 1.29 is 4.79 Å². The van der Waals surface area contributed by atoms with Gasteiger partial charge in [0, 0.05) is 40.6 Å². The van der Waals surface area contributed by atoms with Gasteiger partial charge in [-0.05, 0) is 24.3 Å². The summed E-state index contributed by atoms with van der Waals surface area (Å²) in [5.74, 6) is -0.465. The van der Waals surface area contributed by atoms with E-state index in [-0.39, 0.29) is 11.1 Å². The molecule has 0 aliphatic carbocycles. The number of carbonyl (C=O) groups excluding carboxylic acids is 1. The lowest BCUT2D eigenvalue weighted by Gasteiger charge is -2.05. The van der Waals surface area contributed by atoms with E-state index in [0.717, 1.165) is 10.9 Å². The topological polar surface area (TPSA) is 79.3 Å². The van der Waals surface area contributed by atoms with Crippen molar-refractivity contribution in [2.45, 2.75) is 0 Å². The number of fused-ring (bicyclic) bond motifs is 2. The molecule has 22 heavy (non-hydrogen) atoms. The van der Waals surface area contributed by atoms with Gasteiger partial charge in [0.05, 0.1) is 0 Å². The van der Waals surface area contributed by atoms with E-state index in [0.29, 0.717) is 10.6 Å². The molecule has 1 amide bonds. The molecule has 4 rings (SSSR count). The summed E-state index contributed by atoms with van der Waals surface area (Å²) < 4.78 is 1.37. The van der Waals surface area contributed by atoms with E-state index in [1.165, 1.54) is 21.9 Å². The number of nitrogens with zero attached hydrogens (tertiary/aromatic N) is 2. The molecule has 6 nitrogen and oxygen atoms in total. The quantitative estimate of drug-likeness (QED) is 0.597. The normalized spacial score (nSPS) is 11.1. The Bertz CT molecular complexity index is 1060. The summed E-state index contributed by atoms with van der Waals surface area (Å²) in [6, 6.07) is 7.42. The Morgan fingerprint density at radius 3 is 3.14 bits per heavy atom. The third kappa shape index (κ3) is 1.99. The van der Waals surface area contributed by atoms with Crippen molar-refractivity contribution >= 4 is 38.8 Å². The first-order valence-corrected chi connectivity index (χ1v) is 7.44. The summed E-state index contributed by atoms with van der Waals surface area (Å²) in [6.07, 6.45) is 4.76. The molecule has 0 radical (unpaired) electrons. The molecule has 1 aromatic carbocycles. The summed E-state index contributed by atoms with van der Waals surface area (Å²) in [4.78, 5) is 32.3. The lowest BCUT2D eigenvalue weighted by atomic mass is 10.2. The van der Waals surface area contributed by atoms with Gasteiger partial charge in [0.15, 0.2) is 4.96 Å². The van der Waals surface area contributed by atoms with Crippen LogP contribution in [0.2, 0.25) is 0 Å². The number of rotatable bonds is 2. The molecule has 0 aliphatic heterocycles. The predicted molar refractivity (Wildman–Crippen MR) is 85.6 cm³/mol.